The molecule has 0 aromatic rings. The van der Waals surface area contributed by atoms with Crippen LogP contribution in [0, 0.1) is 0 Å². The summed E-state index contributed by atoms with van der Waals surface area (Å²) < 4.78 is 36.9. The molecule has 0 aromatic heterocycles. The van der Waals surface area contributed by atoms with E-state index in [1.165, 1.54) is 0 Å². The molecule has 6 heteroatoms. The van der Waals surface area contributed by atoms with Crippen molar-refractivity contribution in [1.82, 2.24) is 0 Å². The van der Waals surface area contributed by atoms with Gasteiger partial charge in [0.2, 0.25) is 0 Å². The molecular formula is C3H5F3O3. The molecule has 2 N–H and O–H groups in total. The molecule has 0 atom stereocenters. The Morgan fingerprint density at radius 1 is 1.22 bits per heavy atom. The van der Waals surface area contributed by atoms with Crippen molar-refractivity contribution >= 4 is 0 Å². The minimum Gasteiger partial charge on any atom is -0.336 e. The summed E-state index contributed by atoms with van der Waals surface area (Å²) in [6, 6.07) is 0. The first-order valence-corrected chi connectivity index (χ1v) is 1.88. The number of aliphatic hydroxyl groups is 2. The monoisotopic (exact) mass is 146 g/mol. The van der Waals surface area contributed by atoms with Gasteiger partial charge in [-0.1, -0.05) is 0 Å². The molecule has 0 unspecified atom stereocenters. The molecule has 0 saturated heterocycles. The highest BCUT2D eigenvalue weighted by Crippen LogP contribution is 2.27. The third-order valence-electron chi connectivity index (χ3n) is 0.654. The van der Waals surface area contributed by atoms with Gasteiger partial charge in [-0.3, -0.25) is 0 Å². The van der Waals surface area contributed by atoms with Gasteiger partial charge in [0.15, 0.2) is 0 Å². The highest BCUT2D eigenvalue weighted by Gasteiger charge is 2.54. The van der Waals surface area contributed by atoms with Gasteiger partial charge >= 0.3 is 12.1 Å². The molecule has 56 valence electrons. The Kier molecular flexibility index (Phi) is 2.05. The van der Waals surface area contributed by atoms with Gasteiger partial charge in [-0.05, 0) is 0 Å². The van der Waals surface area contributed by atoms with E-state index in [4.69, 9.17) is 10.2 Å². The highest BCUT2D eigenvalue weighted by atomic mass is 19.4. The number of hydrogen-bond acceptors (Lipinski definition) is 3. The normalized spacial score (nSPS) is 14.0. The van der Waals surface area contributed by atoms with Crippen LogP contribution in [0.1, 0.15) is 0 Å². The molecule has 0 saturated carbocycles. The summed E-state index contributed by atoms with van der Waals surface area (Å²) in [5.41, 5.74) is 0. The molecule has 0 aliphatic heterocycles. The van der Waals surface area contributed by atoms with Crippen LogP contribution in [-0.2, 0) is 4.74 Å². The van der Waals surface area contributed by atoms with Gasteiger partial charge in [-0.2, -0.15) is 13.2 Å². The molecule has 0 aliphatic carbocycles. The van der Waals surface area contributed by atoms with Gasteiger partial charge in [0.05, 0.1) is 0 Å². The van der Waals surface area contributed by atoms with E-state index in [1.807, 2.05) is 0 Å². The van der Waals surface area contributed by atoms with Crippen LogP contribution < -0.4 is 0 Å². The lowest BCUT2D eigenvalue weighted by atomic mass is 10.5. The van der Waals surface area contributed by atoms with E-state index < -0.39 is 12.1 Å². The number of halogens is 3. The van der Waals surface area contributed by atoms with Crippen molar-refractivity contribution in [1.29, 1.82) is 0 Å². The molecule has 0 aliphatic rings. The fourth-order valence-electron chi connectivity index (χ4n) is 0.116. The number of ether oxygens (including phenoxy) is 1. The van der Waals surface area contributed by atoms with E-state index in [9.17, 15) is 13.2 Å². The van der Waals surface area contributed by atoms with Crippen molar-refractivity contribution in [2.24, 2.45) is 0 Å². The first kappa shape index (κ1) is 8.67. The molecular weight excluding hydrogens is 141 g/mol. The molecule has 0 fully saturated rings. The fourth-order valence-corrected chi connectivity index (χ4v) is 0.116. The smallest absolute Gasteiger partial charge is 0.336 e. The number of hydrogen-bond donors (Lipinski definition) is 2. The summed E-state index contributed by atoms with van der Waals surface area (Å²) >= 11 is 0. The van der Waals surface area contributed by atoms with Gasteiger partial charge < -0.3 is 14.9 Å². The van der Waals surface area contributed by atoms with E-state index in [-0.39, 0.29) is 0 Å². The van der Waals surface area contributed by atoms with Gasteiger partial charge in [0.25, 0.3) is 0 Å². The molecule has 0 rings (SSSR count). The zero-order chi connectivity index (χ0) is 7.71. The second kappa shape index (κ2) is 2.13. The van der Waals surface area contributed by atoms with E-state index in [0.29, 0.717) is 7.11 Å². The SMILES string of the molecule is COC(O)(O)C(F)(F)F. The highest BCUT2D eigenvalue weighted by molar-refractivity contribution is 4.60. The van der Waals surface area contributed by atoms with E-state index in [2.05, 4.69) is 4.74 Å². The molecule has 0 spiro atoms. The van der Waals surface area contributed by atoms with Crippen LogP contribution in [0.4, 0.5) is 13.2 Å². The lowest BCUT2D eigenvalue weighted by molar-refractivity contribution is -0.450. The maximum absolute atomic E-state index is 11.2. The van der Waals surface area contributed by atoms with E-state index >= 15 is 0 Å². The van der Waals surface area contributed by atoms with Crippen molar-refractivity contribution in [3.63, 3.8) is 0 Å². The van der Waals surface area contributed by atoms with Crippen molar-refractivity contribution in [3.8, 4) is 0 Å². The Morgan fingerprint density at radius 3 is 1.56 bits per heavy atom. The van der Waals surface area contributed by atoms with Crippen molar-refractivity contribution in [2.45, 2.75) is 12.1 Å². The zero-order valence-electron chi connectivity index (χ0n) is 4.44. The molecule has 9 heavy (non-hydrogen) atoms. The number of rotatable bonds is 1. The fraction of sp³-hybridized carbons (Fsp3) is 1.00. The van der Waals surface area contributed by atoms with Crippen LogP contribution >= 0.6 is 0 Å². The van der Waals surface area contributed by atoms with Gasteiger partial charge in [-0.25, -0.2) is 0 Å². The predicted molar refractivity (Wildman–Crippen MR) is 20.2 cm³/mol. The van der Waals surface area contributed by atoms with Crippen LogP contribution in [0.15, 0.2) is 0 Å². The molecule has 0 amide bonds. The summed E-state index contributed by atoms with van der Waals surface area (Å²) in [5.74, 6) is -4.02. The number of methoxy groups -OCH3 is 1. The standard InChI is InChI=1S/C3H5F3O3/c1-9-3(7,8)2(4,5)6/h7-8H,1H3. The third-order valence-corrected chi connectivity index (χ3v) is 0.654. The average molecular weight is 146 g/mol. The minimum absolute atomic E-state index is 0.535. The maximum atomic E-state index is 11.2. The van der Waals surface area contributed by atoms with E-state index in [0.717, 1.165) is 0 Å². The van der Waals surface area contributed by atoms with E-state index in [1.54, 1.807) is 0 Å². The quantitative estimate of drug-likeness (QED) is 0.505. The van der Waals surface area contributed by atoms with Gasteiger partial charge in [-0.15, -0.1) is 0 Å². The molecule has 0 aromatic carbocycles. The number of alkyl halides is 3. The summed E-state index contributed by atoms with van der Waals surface area (Å²) in [6.07, 6.45) is -5.16. The largest absolute Gasteiger partial charge is 0.472 e. The van der Waals surface area contributed by atoms with Crippen LogP contribution in [-0.4, -0.2) is 29.5 Å². The second-order valence-electron chi connectivity index (χ2n) is 1.31. The molecule has 0 radical (unpaired) electrons. The Bertz CT molecular complexity index is 97.0. The summed E-state index contributed by atoms with van der Waals surface area (Å²) in [5, 5.41) is 15.7. The maximum Gasteiger partial charge on any atom is 0.472 e. The Morgan fingerprint density at radius 2 is 1.56 bits per heavy atom. The van der Waals surface area contributed by atoms with Crippen LogP contribution in [0.5, 0.6) is 0 Å². The van der Waals surface area contributed by atoms with Crippen LogP contribution in [0.3, 0.4) is 0 Å². The van der Waals surface area contributed by atoms with Gasteiger partial charge in [0, 0.05) is 7.11 Å². The molecule has 3 nitrogen and oxygen atoms in total. The summed E-state index contributed by atoms with van der Waals surface area (Å²) in [4.78, 5) is 0. The first-order valence-electron chi connectivity index (χ1n) is 1.88. The Hall–Kier alpha value is -0.330. The summed E-state index contributed by atoms with van der Waals surface area (Å²) in [7, 11) is 0.535. The minimum atomic E-state index is -5.16. The van der Waals surface area contributed by atoms with Crippen LogP contribution in [0.25, 0.3) is 0 Å². The predicted octanol–water partition coefficient (Wildman–Crippen LogP) is -0.167. The third kappa shape index (κ3) is 1.81. The average Bonchev–Trinajstić information content (AvgIpc) is 1.64. The van der Waals surface area contributed by atoms with Crippen LogP contribution in [0.2, 0.25) is 0 Å². The lowest BCUT2D eigenvalue weighted by Crippen LogP contribution is -2.46. The lowest BCUT2D eigenvalue weighted by Gasteiger charge is -2.21. The van der Waals surface area contributed by atoms with Crippen molar-refractivity contribution in [2.75, 3.05) is 7.11 Å². The zero-order valence-corrected chi connectivity index (χ0v) is 4.44. The Balaban J connectivity index is 4.14. The van der Waals surface area contributed by atoms with Gasteiger partial charge in [0.1, 0.15) is 0 Å². The Labute approximate surface area is 48.7 Å². The second-order valence-corrected chi connectivity index (χ2v) is 1.31. The molecule has 0 heterocycles. The topological polar surface area (TPSA) is 49.7 Å². The van der Waals surface area contributed by atoms with Crippen molar-refractivity contribution < 1.29 is 28.1 Å². The van der Waals surface area contributed by atoms with Crippen molar-refractivity contribution in [3.05, 3.63) is 0 Å². The molecule has 0 bridgehead atoms. The summed E-state index contributed by atoms with van der Waals surface area (Å²) in [6.45, 7) is 0. The first-order chi connectivity index (χ1) is 3.81.